The van der Waals surface area contributed by atoms with Crippen molar-refractivity contribution in [3.05, 3.63) is 21.4 Å². The summed E-state index contributed by atoms with van der Waals surface area (Å²) < 4.78 is 0. The number of hydrogen-bond donors (Lipinski definition) is 1. The van der Waals surface area contributed by atoms with Gasteiger partial charge in [0.15, 0.2) is 0 Å². The number of rotatable bonds is 2. The van der Waals surface area contributed by atoms with Gasteiger partial charge < -0.3 is 5.32 Å². The van der Waals surface area contributed by atoms with Crippen LogP contribution in [0.25, 0.3) is 0 Å². The van der Waals surface area contributed by atoms with Gasteiger partial charge in [-0.05, 0) is 37.3 Å². The Kier molecular flexibility index (Phi) is 3.79. The lowest BCUT2D eigenvalue weighted by atomic mass is 10.1. The highest BCUT2D eigenvalue weighted by Gasteiger charge is 2.15. The fourth-order valence-corrected chi connectivity index (χ4v) is 4.20. The molecule has 1 aromatic heterocycles. The predicted octanol–water partition coefficient (Wildman–Crippen LogP) is 2.42. The van der Waals surface area contributed by atoms with Gasteiger partial charge in [-0.25, -0.2) is 0 Å². The Labute approximate surface area is 108 Å². The molecule has 0 saturated carbocycles. The van der Waals surface area contributed by atoms with E-state index in [-0.39, 0.29) is 0 Å². The first kappa shape index (κ1) is 11.7. The number of hydrogen-bond acceptors (Lipinski definition) is 3. The quantitative estimate of drug-likeness (QED) is 0.811. The van der Waals surface area contributed by atoms with Crippen molar-refractivity contribution in [3.63, 3.8) is 0 Å². The maximum Gasteiger partial charge on any atom is 0.0329 e. The van der Waals surface area contributed by atoms with Crippen molar-refractivity contribution in [2.45, 2.75) is 38.6 Å². The van der Waals surface area contributed by atoms with Crippen LogP contribution in [-0.4, -0.2) is 31.1 Å². The molecule has 1 fully saturated rings. The van der Waals surface area contributed by atoms with Crippen LogP contribution >= 0.6 is 11.3 Å². The molecular formula is C14H22N2S. The number of nitrogens with one attached hydrogen (secondary N) is 1. The van der Waals surface area contributed by atoms with Crippen molar-refractivity contribution in [2.75, 3.05) is 26.2 Å². The van der Waals surface area contributed by atoms with Gasteiger partial charge in [-0.15, -0.1) is 11.3 Å². The first-order chi connectivity index (χ1) is 8.42. The van der Waals surface area contributed by atoms with Crippen LogP contribution in [0.5, 0.6) is 0 Å². The second-order valence-electron chi connectivity index (χ2n) is 5.25. The smallest absolute Gasteiger partial charge is 0.0329 e. The third-order valence-corrected chi connectivity index (χ3v) is 5.11. The molecule has 1 N–H and O–H groups in total. The summed E-state index contributed by atoms with van der Waals surface area (Å²) >= 11 is 2.08. The van der Waals surface area contributed by atoms with Gasteiger partial charge in [0.25, 0.3) is 0 Å². The molecule has 0 radical (unpaired) electrons. The molecule has 2 aliphatic rings. The molecule has 0 unspecified atom stereocenters. The summed E-state index contributed by atoms with van der Waals surface area (Å²) in [7, 11) is 0. The van der Waals surface area contributed by atoms with E-state index in [9.17, 15) is 0 Å². The van der Waals surface area contributed by atoms with Gasteiger partial charge in [0, 0.05) is 42.5 Å². The molecule has 3 heteroatoms. The third-order valence-electron chi connectivity index (χ3n) is 3.89. The molecule has 0 amide bonds. The van der Waals surface area contributed by atoms with Crippen molar-refractivity contribution in [2.24, 2.45) is 0 Å². The minimum absolute atomic E-state index is 1.16. The van der Waals surface area contributed by atoms with E-state index in [0.717, 1.165) is 13.1 Å². The fourth-order valence-electron chi connectivity index (χ4n) is 2.90. The average Bonchev–Trinajstić information content (AvgIpc) is 2.60. The van der Waals surface area contributed by atoms with Gasteiger partial charge in [-0.2, -0.15) is 0 Å². The van der Waals surface area contributed by atoms with E-state index in [1.165, 1.54) is 51.7 Å². The van der Waals surface area contributed by atoms with E-state index in [0.29, 0.717) is 0 Å². The molecule has 17 heavy (non-hydrogen) atoms. The van der Waals surface area contributed by atoms with Crippen molar-refractivity contribution in [1.29, 1.82) is 0 Å². The minimum Gasteiger partial charge on any atom is -0.314 e. The van der Waals surface area contributed by atoms with Gasteiger partial charge in [-0.3, -0.25) is 4.90 Å². The van der Waals surface area contributed by atoms with Crippen molar-refractivity contribution >= 4 is 11.3 Å². The Morgan fingerprint density at radius 1 is 1.12 bits per heavy atom. The maximum atomic E-state index is 3.42. The topological polar surface area (TPSA) is 15.3 Å². The molecule has 0 aromatic carbocycles. The fraction of sp³-hybridized carbons (Fsp3) is 0.714. The highest BCUT2D eigenvalue weighted by Crippen LogP contribution is 2.29. The Hall–Kier alpha value is -0.380. The van der Waals surface area contributed by atoms with Crippen LogP contribution in [0.15, 0.2) is 6.07 Å². The molecule has 1 aliphatic carbocycles. The molecule has 1 aromatic rings. The lowest BCUT2D eigenvalue weighted by Gasteiger charge is -2.26. The van der Waals surface area contributed by atoms with Crippen LogP contribution < -0.4 is 5.32 Å². The predicted molar refractivity (Wildman–Crippen MR) is 73.7 cm³/mol. The Morgan fingerprint density at radius 3 is 2.82 bits per heavy atom. The maximum absolute atomic E-state index is 3.42. The van der Waals surface area contributed by atoms with Crippen molar-refractivity contribution in [1.82, 2.24) is 10.2 Å². The molecular weight excluding hydrogens is 228 g/mol. The molecule has 94 valence electrons. The molecule has 1 aliphatic heterocycles. The summed E-state index contributed by atoms with van der Waals surface area (Å²) in [5.74, 6) is 0. The lowest BCUT2D eigenvalue weighted by Crippen LogP contribution is -2.42. The standard InChI is InChI=1S/C14H22N2S/c1-2-4-12-10-13(17-14(12)5-3-1)11-16-8-6-15-7-9-16/h10,15H,1-9,11H2. The van der Waals surface area contributed by atoms with Crippen LogP contribution in [0.2, 0.25) is 0 Å². The first-order valence-electron chi connectivity index (χ1n) is 6.95. The van der Waals surface area contributed by atoms with Gasteiger partial charge in [0.05, 0.1) is 0 Å². The summed E-state index contributed by atoms with van der Waals surface area (Å²) in [5.41, 5.74) is 1.66. The molecule has 0 spiro atoms. The van der Waals surface area contributed by atoms with E-state index in [1.807, 2.05) is 0 Å². The van der Waals surface area contributed by atoms with Crippen molar-refractivity contribution in [3.8, 4) is 0 Å². The summed E-state index contributed by atoms with van der Waals surface area (Å²) in [4.78, 5) is 5.87. The van der Waals surface area contributed by atoms with E-state index in [2.05, 4.69) is 27.6 Å². The largest absolute Gasteiger partial charge is 0.314 e. The van der Waals surface area contributed by atoms with Crippen LogP contribution in [-0.2, 0) is 19.4 Å². The van der Waals surface area contributed by atoms with Crippen LogP contribution in [0.1, 0.15) is 34.6 Å². The molecule has 2 nitrogen and oxygen atoms in total. The minimum atomic E-state index is 1.16. The number of piperazine rings is 1. The van der Waals surface area contributed by atoms with E-state index >= 15 is 0 Å². The number of fused-ring (bicyclic) bond motifs is 1. The summed E-state index contributed by atoms with van der Waals surface area (Å²) in [6, 6.07) is 2.49. The van der Waals surface area contributed by atoms with Gasteiger partial charge in [0.1, 0.15) is 0 Å². The van der Waals surface area contributed by atoms with E-state index in [4.69, 9.17) is 0 Å². The molecule has 0 atom stereocenters. The number of nitrogens with zero attached hydrogens (tertiary/aromatic N) is 1. The summed E-state index contributed by atoms with van der Waals surface area (Å²) in [5, 5.41) is 3.42. The van der Waals surface area contributed by atoms with Crippen LogP contribution in [0.4, 0.5) is 0 Å². The zero-order valence-electron chi connectivity index (χ0n) is 10.5. The lowest BCUT2D eigenvalue weighted by molar-refractivity contribution is 0.235. The molecule has 2 heterocycles. The summed E-state index contributed by atoms with van der Waals surface area (Å²) in [6.07, 6.45) is 6.89. The molecule has 0 bridgehead atoms. The normalized spacial score (nSPS) is 22.1. The Balaban J connectivity index is 1.67. The first-order valence-corrected chi connectivity index (χ1v) is 7.77. The average molecular weight is 250 g/mol. The molecule has 3 rings (SSSR count). The van der Waals surface area contributed by atoms with E-state index in [1.54, 1.807) is 15.3 Å². The number of thiophene rings is 1. The monoisotopic (exact) mass is 250 g/mol. The Bertz CT molecular complexity index is 343. The zero-order chi connectivity index (χ0) is 11.5. The van der Waals surface area contributed by atoms with Crippen molar-refractivity contribution < 1.29 is 0 Å². The molecule has 1 saturated heterocycles. The highest BCUT2D eigenvalue weighted by atomic mass is 32.1. The second-order valence-corrected chi connectivity index (χ2v) is 6.47. The van der Waals surface area contributed by atoms with Gasteiger partial charge in [0.2, 0.25) is 0 Å². The Morgan fingerprint density at radius 2 is 1.94 bits per heavy atom. The zero-order valence-corrected chi connectivity index (χ0v) is 11.3. The highest BCUT2D eigenvalue weighted by molar-refractivity contribution is 7.12. The second kappa shape index (κ2) is 5.51. The van der Waals surface area contributed by atoms with Gasteiger partial charge >= 0.3 is 0 Å². The number of aryl methyl sites for hydroxylation is 2. The van der Waals surface area contributed by atoms with E-state index < -0.39 is 0 Å². The SMILES string of the molecule is c1c(CN2CCNCC2)sc2c1CCCCC2. The van der Waals surface area contributed by atoms with Gasteiger partial charge in [-0.1, -0.05) is 6.42 Å². The third kappa shape index (κ3) is 2.90. The summed E-state index contributed by atoms with van der Waals surface area (Å²) in [6.45, 7) is 5.92. The van der Waals surface area contributed by atoms with Crippen LogP contribution in [0.3, 0.4) is 0 Å². The van der Waals surface area contributed by atoms with Crippen LogP contribution in [0, 0.1) is 0 Å².